The summed E-state index contributed by atoms with van der Waals surface area (Å²) in [5, 5.41) is 12.6. The standard InChI is InChI=1S/C27H30N4O3/c1-3-10-29-26(33)20-4-7-23(8-5-20)30-11-13-31(14-12-30)27(34)21-6-9-25(19(2)15-21)22-16-24(32)18-28-17-22/h4-9,15-18,32H,3,10-14H2,1-2H3,(H,29,33). The van der Waals surface area contributed by atoms with Crippen LogP contribution in [0.25, 0.3) is 11.1 Å². The van der Waals surface area contributed by atoms with Gasteiger partial charge in [0.05, 0.1) is 6.20 Å². The SMILES string of the molecule is CCCNC(=O)c1ccc(N2CCN(C(=O)c3ccc(-c4cncc(O)c4)c(C)c3)CC2)cc1. The number of anilines is 1. The Morgan fingerprint density at radius 2 is 1.68 bits per heavy atom. The average Bonchev–Trinajstić information content (AvgIpc) is 2.87. The molecular formula is C27H30N4O3. The number of nitrogens with one attached hydrogen (secondary N) is 1. The van der Waals surface area contributed by atoms with Crippen molar-refractivity contribution in [3.05, 3.63) is 77.6 Å². The maximum Gasteiger partial charge on any atom is 0.253 e. The molecule has 7 heteroatoms. The summed E-state index contributed by atoms with van der Waals surface area (Å²) in [5.74, 6) is 0.0843. The highest BCUT2D eigenvalue weighted by molar-refractivity contribution is 5.95. The lowest BCUT2D eigenvalue weighted by molar-refractivity contribution is 0.0746. The normalized spacial score (nSPS) is 13.6. The number of hydrogen-bond donors (Lipinski definition) is 2. The molecule has 176 valence electrons. The van der Waals surface area contributed by atoms with Crippen LogP contribution in [-0.4, -0.2) is 59.5 Å². The van der Waals surface area contributed by atoms with Crippen molar-refractivity contribution in [3.8, 4) is 16.9 Å². The molecule has 0 spiro atoms. The number of amides is 2. The number of piperazine rings is 1. The zero-order valence-electron chi connectivity index (χ0n) is 19.6. The Hall–Kier alpha value is -3.87. The molecule has 1 saturated heterocycles. The molecule has 1 aliphatic heterocycles. The van der Waals surface area contributed by atoms with Gasteiger partial charge in [0.1, 0.15) is 5.75 Å². The number of pyridine rings is 1. The minimum atomic E-state index is -0.0505. The number of carbonyl (C=O) groups excluding carboxylic acids is 2. The lowest BCUT2D eigenvalue weighted by atomic mass is 9.99. The Labute approximate surface area is 200 Å². The molecule has 1 aromatic heterocycles. The van der Waals surface area contributed by atoms with Gasteiger partial charge in [-0.2, -0.15) is 0 Å². The zero-order valence-corrected chi connectivity index (χ0v) is 19.6. The summed E-state index contributed by atoms with van der Waals surface area (Å²) in [4.78, 5) is 33.4. The largest absolute Gasteiger partial charge is 0.506 e. The van der Waals surface area contributed by atoms with Gasteiger partial charge in [0.2, 0.25) is 0 Å². The van der Waals surface area contributed by atoms with Gasteiger partial charge < -0.3 is 20.2 Å². The van der Waals surface area contributed by atoms with Crippen LogP contribution < -0.4 is 10.2 Å². The van der Waals surface area contributed by atoms with Crippen LogP contribution >= 0.6 is 0 Å². The smallest absolute Gasteiger partial charge is 0.253 e. The topological polar surface area (TPSA) is 85.8 Å². The van der Waals surface area contributed by atoms with Crippen molar-refractivity contribution in [1.29, 1.82) is 0 Å². The number of aromatic nitrogens is 1. The molecular weight excluding hydrogens is 428 g/mol. The number of benzene rings is 2. The number of hydrogen-bond acceptors (Lipinski definition) is 5. The van der Waals surface area contributed by atoms with Crippen molar-refractivity contribution in [1.82, 2.24) is 15.2 Å². The van der Waals surface area contributed by atoms with E-state index in [0.29, 0.717) is 30.8 Å². The van der Waals surface area contributed by atoms with Gasteiger partial charge in [0, 0.05) is 61.3 Å². The third-order valence-corrected chi connectivity index (χ3v) is 6.11. The molecule has 4 rings (SSSR count). The van der Waals surface area contributed by atoms with E-state index in [1.807, 2.05) is 61.2 Å². The predicted octanol–water partition coefficient (Wildman–Crippen LogP) is 3.86. The van der Waals surface area contributed by atoms with Gasteiger partial charge in [0.15, 0.2) is 0 Å². The second kappa shape index (κ2) is 10.4. The van der Waals surface area contributed by atoms with E-state index in [9.17, 15) is 14.7 Å². The Bertz CT molecular complexity index is 1170. The van der Waals surface area contributed by atoms with E-state index in [2.05, 4.69) is 15.2 Å². The first-order chi connectivity index (χ1) is 16.5. The molecule has 0 aliphatic carbocycles. The van der Waals surface area contributed by atoms with Crippen LogP contribution in [0.1, 0.15) is 39.6 Å². The molecule has 1 aliphatic rings. The Morgan fingerprint density at radius 1 is 0.971 bits per heavy atom. The lowest BCUT2D eigenvalue weighted by Gasteiger charge is -2.36. The van der Waals surface area contributed by atoms with Crippen molar-refractivity contribution >= 4 is 17.5 Å². The van der Waals surface area contributed by atoms with Gasteiger partial charge in [-0.1, -0.05) is 13.0 Å². The molecule has 0 bridgehead atoms. The maximum absolute atomic E-state index is 13.1. The van der Waals surface area contributed by atoms with Crippen LogP contribution in [0.15, 0.2) is 60.9 Å². The molecule has 34 heavy (non-hydrogen) atoms. The Balaban J connectivity index is 1.37. The van der Waals surface area contributed by atoms with E-state index in [-0.39, 0.29) is 17.6 Å². The average molecular weight is 459 g/mol. The Morgan fingerprint density at radius 3 is 2.32 bits per heavy atom. The van der Waals surface area contributed by atoms with Crippen LogP contribution in [0.3, 0.4) is 0 Å². The fourth-order valence-corrected chi connectivity index (χ4v) is 4.21. The summed E-state index contributed by atoms with van der Waals surface area (Å²) in [6, 6.07) is 15.0. The van der Waals surface area contributed by atoms with E-state index < -0.39 is 0 Å². The molecule has 2 heterocycles. The first-order valence-corrected chi connectivity index (χ1v) is 11.6. The first-order valence-electron chi connectivity index (χ1n) is 11.6. The molecule has 2 N–H and O–H groups in total. The fourth-order valence-electron chi connectivity index (χ4n) is 4.21. The molecule has 0 saturated carbocycles. The molecule has 0 radical (unpaired) electrons. The number of aromatic hydroxyl groups is 1. The predicted molar refractivity (Wildman–Crippen MR) is 133 cm³/mol. The van der Waals surface area contributed by atoms with Gasteiger partial charge >= 0.3 is 0 Å². The highest BCUT2D eigenvalue weighted by atomic mass is 16.3. The van der Waals surface area contributed by atoms with Crippen molar-refractivity contribution in [3.63, 3.8) is 0 Å². The molecule has 2 amide bonds. The third-order valence-electron chi connectivity index (χ3n) is 6.11. The summed E-state index contributed by atoms with van der Waals surface area (Å²) in [7, 11) is 0. The van der Waals surface area contributed by atoms with Gasteiger partial charge in [-0.3, -0.25) is 14.6 Å². The third kappa shape index (κ3) is 5.20. The monoisotopic (exact) mass is 458 g/mol. The summed E-state index contributed by atoms with van der Waals surface area (Å²) in [6.07, 6.45) is 4.01. The van der Waals surface area contributed by atoms with Gasteiger partial charge in [-0.05, 0) is 66.9 Å². The number of nitrogens with zero attached hydrogens (tertiary/aromatic N) is 3. The summed E-state index contributed by atoms with van der Waals surface area (Å²) in [5.41, 5.74) is 5.09. The van der Waals surface area contributed by atoms with E-state index in [4.69, 9.17) is 0 Å². The molecule has 7 nitrogen and oxygen atoms in total. The van der Waals surface area contributed by atoms with Gasteiger partial charge in [-0.15, -0.1) is 0 Å². The molecule has 1 fully saturated rings. The van der Waals surface area contributed by atoms with Crippen molar-refractivity contribution in [2.75, 3.05) is 37.6 Å². The van der Waals surface area contributed by atoms with Crippen LogP contribution in [-0.2, 0) is 0 Å². The highest BCUT2D eigenvalue weighted by Crippen LogP contribution is 2.27. The Kier molecular flexibility index (Phi) is 7.11. The number of aryl methyl sites for hydroxylation is 1. The molecule has 3 aromatic rings. The second-order valence-electron chi connectivity index (χ2n) is 8.54. The van der Waals surface area contributed by atoms with Crippen LogP contribution in [0.5, 0.6) is 5.75 Å². The lowest BCUT2D eigenvalue weighted by Crippen LogP contribution is -2.48. The number of rotatable bonds is 6. The molecule has 0 atom stereocenters. The minimum Gasteiger partial charge on any atom is -0.506 e. The van der Waals surface area contributed by atoms with E-state index in [1.54, 1.807) is 12.3 Å². The molecule has 2 aromatic carbocycles. The fraction of sp³-hybridized carbons (Fsp3) is 0.296. The highest BCUT2D eigenvalue weighted by Gasteiger charge is 2.23. The second-order valence-corrected chi connectivity index (χ2v) is 8.54. The number of carbonyl (C=O) groups is 2. The minimum absolute atomic E-state index is 0.0197. The zero-order chi connectivity index (χ0) is 24.1. The van der Waals surface area contributed by atoms with Crippen molar-refractivity contribution in [2.45, 2.75) is 20.3 Å². The van der Waals surface area contributed by atoms with E-state index in [0.717, 1.165) is 41.9 Å². The van der Waals surface area contributed by atoms with Gasteiger partial charge in [0.25, 0.3) is 11.8 Å². The molecule has 0 unspecified atom stereocenters. The quantitative estimate of drug-likeness (QED) is 0.586. The summed E-state index contributed by atoms with van der Waals surface area (Å²) in [6.45, 7) is 7.40. The van der Waals surface area contributed by atoms with Gasteiger partial charge in [-0.25, -0.2) is 0 Å². The van der Waals surface area contributed by atoms with Crippen molar-refractivity contribution in [2.24, 2.45) is 0 Å². The van der Waals surface area contributed by atoms with Crippen LogP contribution in [0, 0.1) is 6.92 Å². The van der Waals surface area contributed by atoms with Crippen LogP contribution in [0.2, 0.25) is 0 Å². The first kappa shape index (κ1) is 23.3. The van der Waals surface area contributed by atoms with Crippen molar-refractivity contribution < 1.29 is 14.7 Å². The summed E-state index contributed by atoms with van der Waals surface area (Å²) < 4.78 is 0. The van der Waals surface area contributed by atoms with E-state index in [1.165, 1.54) is 6.20 Å². The van der Waals surface area contributed by atoms with E-state index >= 15 is 0 Å². The summed E-state index contributed by atoms with van der Waals surface area (Å²) >= 11 is 0. The maximum atomic E-state index is 13.1. The van der Waals surface area contributed by atoms with Crippen LogP contribution in [0.4, 0.5) is 5.69 Å².